The second kappa shape index (κ2) is 5.45. The summed E-state index contributed by atoms with van der Waals surface area (Å²) in [7, 11) is 0. The number of hydrogen-bond acceptors (Lipinski definition) is 2. The van der Waals surface area contributed by atoms with Crippen molar-refractivity contribution in [3.8, 4) is 0 Å². The second-order valence-electron chi connectivity index (χ2n) is 4.96. The zero-order chi connectivity index (χ0) is 14.9. The van der Waals surface area contributed by atoms with E-state index in [-0.39, 0.29) is 17.2 Å². The van der Waals surface area contributed by atoms with Gasteiger partial charge >= 0.3 is 5.97 Å². The van der Waals surface area contributed by atoms with E-state index in [0.717, 1.165) is 12.5 Å². The molecule has 0 radical (unpaired) electrons. The number of para-hydroxylation sites is 1. The molecule has 20 heavy (non-hydrogen) atoms. The number of carboxylic acid groups (broad SMARTS) is 1. The van der Waals surface area contributed by atoms with Crippen LogP contribution in [0.3, 0.4) is 0 Å². The molecule has 2 rings (SSSR count). The van der Waals surface area contributed by atoms with Crippen LogP contribution in [0.5, 0.6) is 0 Å². The fourth-order valence-electron chi connectivity index (χ4n) is 2.25. The lowest BCUT2D eigenvalue weighted by atomic mass is 10.1. The van der Waals surface area contributed by atoms with Crippen molar-refractivity contribution in [1.82, 2.24) is 0 Å². The Morgan fingerprint density at radius 1 is 1.50 bits per heavy atom. The van der Waals surface area contributed by atoms with E-state index < -0.39 is 17.7 Å². The Balaban J connectivity index is 2.53. The topological polar surface area (TPSA) is 57.6 Å². The number of aliphatic carboxylic acids is 1. The molecule has 1 aliphatic heterocycles. The number of amides is 1. The number of anilines is 1. The van der Waals surface area contributed by atoms with Crippen molar-refractivity contribution in [2.45, 2.75) is 20.3 Å². The maximum absolute atomic E-state index is 14.0. The van der Waals surface area contributed by atoms with Gasteiger partial charge in [-0.15, -0.1) is 0 Å². The quantitative estimate of drug-likeness (QED) is 0.861. The molecule has 1 aliphatic rings. The van der Waals surface area contributed by atoms with Crippen LogP contribution in [0.2, 0.25) is 0 Å². The van der Waals surface area contributed by atoms with Gasteiger partial charge in [0, 0.05) is 18.2 Å². The van der Waals surface area contributed by atoms with E-state index in [9.17, 15) is 14.0 Å². The van der Waals surface area contributed by atoms with Crippen molar-refractivity contribution in [3.05, 3.63) is 35.7 Å². The first-order chi connectivity index (χ1) is 9.45. The normalized spacial score (nSPS) is 17.4. The van der Waals surface area contributed by atoms with Crippen LogP contribution in [0.4, 0.5) is 10.1 Å². The largest absolute Gasteiger partial charge is 0.478 e. The molecule has 1 amide bonds. The van der Waals surface area contributed by atoms with Crippen molar-refractivity contribution in [3.63, 3.8) is 0 Å². The van der Waals surface area contributed by atoms with Crippen molar-refractivity contribution in [2.24, 2.45) is 5.92 Å². The van der Waals surface area contributed by atoms with E-state index in [4.69, 9.17) is 5.11 Å². The first-order valence-electron chi connectivity index (χ1n) is 6.51. The van der Waals surface area contributed by atoms with Gasteiger partial charge in [0.1, 0.15) is 5.82 Å². The average molecular weight is 277 g/mol. The second-order valence-corrected chi connectivity index (χ2v) is 4.96. The Morgan fingerprint density at radius 3 is 2.80 bits per heavy atom. The summed E-state index contributed by atoms with van der Waals surface area (Å²) in [5.74, 6) is -1.97. The van der Waals surface area contributed by atoms with Crippen LogP contribution in [-0.4, -0.2) is 23.5 Å². The van der Waals surface area contributed by atoms with Crippen LogP contribution >= 0.6 is 0 Å². The lowest BCUT2D eigenvalue weighted by Gasteiger charge is -2.21. The molecule has 0 bridgehead atoms. The summed E-state index contributed by atoms with van der Waals surface area (Å²) >= 11 is 0. The molecule has 4 nitrogen and oxygen atoms in total. The fraction of sp³-hybridized carbons (Fsp3) is 0.333. The summed E-state index contributed by atoms with van der Waals surface area (Å²) in [4.78, 5) is 24.5. The van der Waals surface area contributed by atoms with E-state index in [0.29, 0.717) is 12.1 Å². The highest BCUT2D eigenvalue weighted by Gasteiger charge is 2.35. The van der Waals surface area contributed by atoms with Gasteiger partial charge in [0.2, 0.25) is 0 Å². The number of hydrogen-bond donors (Lipinski definition) is 1. The predicted molar refractivity (Wildman–Crippen MR) is 73.8 cm³/mol. The molecule has 106 valence electrons. The van der Waals surface area contributed by atoms with Crippen molar-refractivity contribution >= 4 is 23.1 Å². The minimum atomic E-state index is -1.21. The summed E-state index contributed by atoms with van der Waals surface area (Å²) in [5, 5.41) is 8.86. The van der Waals surface area contributed by atoms with E-state index >= 15 is 0 Å². The molecule has 1 heterocycles. The molecular formula is C15H16FNO3. The van der Waals surface area contributed by atoms with Gasteiger partial charge in [-0.2, -0.15) is 0 Å². The van der Waals surface area contributed by atoms with Crippen LogP contribution in [0.1, 0.15) is 25.8 Å². The monoisotopic (exact) mass is 277 g/mol. The third kappa shape index (κ3) is 2.43. The van der Waals surface area contributed by atoms with Crippen LogP contribution in [0.25, 0.3) is 5.57 Å². The average Bonchev–Trinajstić information content (AvgIpc) is 2.65. The highest BCUT2D eigenvalue weighted by molar-refractivity contribution is 6.34. The van der Waals surface area contributed by atoms with E-state index in [2.05, 4.69) is 0 Å². The number of nitrogens with zero attached hydrogens (tertiary/aromatic N) is 1. The van der Waals surface area contributed by atoms with Crippen molar-refractivity contribution in [1.29, 1.82) is 0 Å². The predicted octanol–water partition coefficient (Wildman–Crippen LogP) is 2.69. The SMILES string of the molecule is CCC(C)CN1C(=O)/C(=C/C(=O)O)c2cccc(F)c21. The van der Waals surface area contributed by atoms with Gasteiger partial charge in [-0.25, -0.2) is 9.18 Å². The van der Waals surface area contributed by atoms with Gasteiger partial charge in [0.05, 0.1) is 11.3 Å². The molecule has 0 aliphatic carbocycles. The van der Waals surface area contributed by atoms with Gasteiger partial charge < -0.3 is 10.0 Å². The highest BCUT2D eigenvalue weighted by Crippen LogP contribution is 2.39. The molecule has 1 aromatic rings. The van der Waals surface area contributed by atoms with E-state index in [1.165, 1.54) is 17.0 Å². The Bertz CT molecular complexity index is 595. The molecule has 1 unspecified atom stereocenters. The third-order valence-corrected chi connectivity index (χ3v) is 3.48. The molecule has 0 spiro atoms. The highest BCUT2D eigenvalue weighted by atomic mass is 19.1. The maximum Gasteiger partial charge on any atom is 0.329 e. The van der Waals surface area contributed by atoms with E-state index in [1.807, 2.05) is 13.8 Å². The lowest BCUT2D eigenvalue weighted by molar-refractivity contribution is -0.131. The van der Waals surface area contributed by atoms with Crippen molar-refractivity contribution in [2.75, 3.05) is 11.4 Å². The summed E-state index contributed by atoms with van der Waals surface area (Å²) in [6.07, 6.45) is 1.70. The van der Waals surface area contributed by atoms with Gasteiger partial charge in [-0.05, 0) is 12.0 Å². The van der Waals surface area contributed by atoms with Gasteiger partial charge in [0.25, 0.3) is 5.91 Å². The molecular weight excluding hydrogens is 261 g/mol. The Labute approximate surface area is 116 Å². The van der Waals surface area contributed by atoms with Gasteiger partial charge in [0.15, 0.2) is 0 Å². The Kier molecular flexibility index (Phi) is 3.88. The number of halogens is 1. The summed E-state index contributed by atoms with van der Waals surface area (Å²) < 4.78 is 14.0. The molecule has 1 N–H and O–H groups in total. The van der Waals surface area contributed by atoms with Crippen LogP contribution < -0.4 is 4.90 Å². The minimum absolute atomic E-state index is 0.0373. The molecule has 0 saturated heterocycles. The Morgan fingerprint density at radius 2 is 2.20 bits per heavy atom. The number of benzene rings is 1. The standard InChI is InChI=1S/C15H16FNO3/c1-3-9(2)8-17-14-10(5-4-6-12(14)16)11(15(17)20)7-13(18)19/h4-7,9H,3,8H2,1-2H3,(H,18,19)/b11-7+. The van der Waals surface area contributed by atoms with E-state index in [1.54, 1.807) is 6.07 Å². The smallest absolute Gasteiger partial charge is 0.329 e. The molecule has 0 saturated carbocycles. The number of carbonyl (C=O) groups excluding carboxylic acids is 1. The van der Waals surface area contributed by atoms with Gasteiger partial charge in [-0.3, -0.25) is 4.79 Å². The molecule has 5 heteroatoms. The molecule has 1 aromatic carbocycles. The zero-order valence-electron chi connectivity index (χ0n) is 11.4. The van der Waals surface area contributed by atoms with Gasteiger partial charge in [-0.1, -0.05) is 32.4 Å². The number of fused-ring (bicyclic) bond motifs is 1. The lowest BCUT2D eigenvalue weighted by Crippen LogP contribution is -2.31. The summed E-state index contributed by atoms with van der Waals surface area (Å²) in [5.41, 5.74) is 0.571. The molecule has 0 aromatic heterocycles. The minimum Gasteiger partial charge on any atom is -0.478 e. The van der Waals surface area contributed by atoms with Crippen LogP contribution in [-0.2, 0) is 9.59 Å². The first-order valence-corrected chi connectivity index (χ1v) is 6.51. The first kappa shape index (κ1) is 14.2. The summed E-state index contributed by atoms with van der Waals surface area (Å²) in [6, 6.07) is 4.32. The number of rotatable bonds is 4. The van der Waals surface area contributed by atoms with Crippen molar-refractivity contribution < 1.29 is 19.1 Å². The van der Waals surface area contributed by atoms with Crippen LogP contribution in [0.15, 0.2) is 24.3 Å². The third-order valence-electron chi connectivity index (χ3n) is 3.48. The molecule has 1 atom stereocenters. The molecule has 0 fully saturated rings. The zero-order valence-corrected chi connectivity index (χ0v) is 11.4. The number of carboxylic acids is 1. The number of carbonyl (C=O) groups is 2. The van der Waals surface area contributed by atoms with Crippen LogP contribution in [0, 0.1) is 11.7 Å². The maximum atomic E-state index is 14.0. The fourth-order valence-corrected chi connectivity index (χ4v) is 2.25. The summed E-state index contributed by atoms with van der Waals surface area (Å²) in [6.45, 7) is 4.33. The Hall–Kier alpha value is -2.17.